The highest BCUT2D eigenvalue weighted by molar-refractivity contribution is 7.97. The fourth-order valence-electron chi connectivity index (χ4n) is 2.79. The van der Waals surface area contributed by atoms with Crippen molar-refractivity contribution in [2.75, 3.05) is 13.1 Å². The molecule has 6 nitrogen and oxygen atoms in total. The molecule has 1 aliphatic heterocycles. The molecule has 1 saturated heterocycles. The number of carbonyl (C=O) groups excluding carboxylic acids is 1. The van der Waals surface area contributed by atoms with Crippen molar-refractivity contribution in [1.82, 2.24) is 9.79 Å². The van der Waals surface area contributed by atoms with E-state index in [2.05, 4.69) is 16.2 Å². The minimum atomic E-state index is -0.490. The van der Waals surface area contributed by atoms with Crippen LogP contribution in [0.15, 0.2) is 46.1 Å². The molecule has 0 aromatic heterocycles. The highest BCUT2D eigenvalue weighted by Gasteiger charge is 2.21. The molecule has 1 atom stereocenters. The second-order valence-corrected chi connectivity index (χ2v) is 7.10. The Morgan fingerprint density at radius 3 is 2.96 bits per heavy atom. The minimum absolute atomic E-state index is 0.151. The summed E-state index contributed by atoms with van der Waals surface area (Å²) in [6, 6.07) is 7.29. The lowest BCUT2D eigenvalue weighted by Gasteiger charge is -2.20. The predicted octanol–water partition coefficient (Wildman–Crippen LogP) is 4.03. The highest BCUT2D eigenvalue weighted by Crippen LogP contribution is 2.29. The summed E-state index contributed by atoms with van der Waals surface area (Å²) < 4.78 is 8.31. The van der Waals surface area contributed by atoms with Gasteiger partial charge in [-0.05, 0) is 62.8 Å². The van der Waals surface area contributed by atoms with Gasteiger partial charge in [0.2, 0.25) is 5.88 Å². The van der Waals surface area contributed by atoms with Crippen molar-refractivity contribution in [3.05, 3.63) is 41.8 Å². The summed E-state index contributed by atoms with van der Waals surface area (Å²) in [4.78, 5) is 16.9. The van der Waals surface area contributed by atoms with Crippen molar-refractivity contribution < 1.29 is 14.7 Å². The number of carbonyl (C=O) groups is 1. The average Bonchev–Trinajstić information content (AvgIpc) is 2.87. The molecule has 2 rings (SSSR count). The van der Waals surface area contributed by atoms with Gasteiger partial charge in [0.05, 0.1) is 5.56 Å². The van der Waals surface area contributed by atoms with Crippen LogP contribution in [-0.4, -0.2) is 40.8 Å². The standard InChI is InChI=1S/C19H27N3O3S/c1-3-8-18(20-4-2)25-15-9-7-13-22(14-12-15)26-17-11-6-5-10-16(17)19(23)21-24/h4-6,8,10-11,15,24H,3,7,9,12-14H2,1-2H3,(H,21,23)/b18-8+,20-4-. The van der Waals surface area contributed by atoms with Crippen LogP contribution in [0.2, 0.25) is 0 Å². The van der Waals surface area contributed by atoms with Crippen LogP contribution in [0.1, 0.15) is 49.9 Å². The van der Waals surface area contributed by atoms with Crippen LogP contribution in [0.3, 0.4) is 0 Å². The van der Waals surface area contributed by atoms with E-state index >= 15 is 0 Å². The summed E-state index contributed by atoms with van der Waals surface area (Å²) in [5, 5.41) is 8.91. The number of nitrogens with one attached hydrogen (secondary N) is 1. The molecule has 1 aliphatic rings. The monoisotopic (exact) mass is 377 g/mol. The van der Waals surface area contributed by atoms with E-state index < -0.39 is 5.91 Å². The zero-order valence-corrected chi connectivity index (χ0v) is 16.2. The Balaban J connectivity index is 1.97. The third-order valence-electron chi connectivity index (χ3n) is 4.02. The lowest BCUT2D eigenvalue weighted by atomic mass is 10.2. The van der Waals surface area contributed by atoms with Gasteiger partial charge in [0.15, 0.2) is 0 Å². The van der Waals surface area contributed by atoms with E-state index in [1.165, 1.54) is 0 Å². The largest absolute Gasteiger partial charge is 0.475 e. The molecule has 1 fully saturated rings. The molecule has 7 heteroatoms. The topological polar surface area (TPSA) is 74.2 Å². The van der Waals surface area contributed by atoms with Crippen LogP contribution in [0.4, 0.5) is 0 Å². The van der Waals surface area contributed by atoms with E-state index in [1.54, 1.807) is 35.8 Å². The predicted molar refractivity (Wildman–Crippen MR) is 104 cm³/mol. The second-order valence-electron chi connectivity index (χ2n) is 5.97. The molecule has 1 unspecified atom stereocenters. The lowest BCUT2D eigenvalue weighted by molar-refractivity contribution is 0.0703. The van der Waals surface area contributed by atoms with E-state index in [-0.39, 0.29) is 6.10 Å². The van der Waals surface area contributed by atoms with Gasteiger partial charge in [-0.3, -0.25) is 10.0 Å². The number of allylic oxidation sites excluding steroid dienone is 1. The van der Waals surface area contributed by atoms with Crippen LogP contribution >= 0.6 is 11.9 Å². The Morgan fingerprint density at radius 1 is 1.42 bits per heavy atom. The molecular formula is C19H27N3O3S. The molecule has 142 valence electrons. The number of hydroxylamine groups is 1. The first kappa shape index (κ1) is 20.5. The first-order valence-corrected chi connectivity index (χ1v) is 9.77. The van der Waals surface area contributed by atoms with Gasteiger partial charge in [0.25, 0.3) is 5.91 Å². The van der Waals surface area contributed by atoms with Gasteiger partial charge >= 0.3 is 0 Å². The molecule has 1 amide bonds. The molecule has 1 aromatic carbocycles. The summed E-state index contributed by atoms with van der Waals surface area (Å²) in [5.41, 5.74) is 2.19. The van der Waals surface area contributed by atoms with Crippen LogP contribution in [0.25, 0.3) is 0 Å². The van der Waals surface area contributed by atoms with Gasteiger partial charge in [0, 0.05) is 24.2 Å². The van der Waals surface area contributed by atoms with Gasteiger partial charge in [-0.2, -0.15) is 0 Å². The molecule has 0 spiro atoms. The van der Waals surface area contributed by atoms with Crippen molar-refractivity contribution in [2.45, 2.75) is 50.5 Å². The Hall–Kier alpha value is -1.83. The Bertz CT molecular complexity index is 649. The van der Waals surface area contributed by atoms with E-state index in [1.807, 2.05) is 25.1 Å². The number of hydrogen-bond acceptors (Lipinski definition) is 6. The number of aliphatic imine (C=N–C) groups is 1. The molecule has 0 aliphatic carbocycles. The summed E-state index contributed by atoms with van der Waals surface area (Å²) in [6.07, 6.45) is 7.70. The number of hydrogen-bond donors (Lipinski definition) is 2. The Morgan fingerprint density at radius 2 is 2.23 bits per heavy atom. The van der Waals surface area contributed by atoms with Gasteiger partial charge < -0.3 is 4.74 Å². The summed E-state index contributed by atoms with van der Waals surface area (Å²) in [7, 11) is 0. The number of rotatable bonds is 7. The minimum Gasteiger partial charge on any atom is -0.475 e. The van der Waals surface area contributed by atoms with Crippen LogP contribution in [0.5, 0.6) is 0 Å². The lowest BCUT2D eigenvalue weighted by Crippen LogP contribution is -2.22. The fourth-order valence-corrected chi connectivity index (χ4v) is 3.88. The molecule has 2 N–H and O–H groups in total. The third kappa shape index (κ3) is 6.16. The van der Waals surface area contributed by atoms with Gasteiger partial charge in [0.1, 0.15) is 6.10 Å². The quantitative estimate of drug-likeness (QED) is 0.247. The number of amides is 1. The molecule has 0 bridgehead atoms. The first-order valence-electron chi connectivity index (χ1n) is 8.99. The van der Waals surface area contributed by atoms with Crippen LogP contribution in [-0.2, 0) is 4.74 Å². The zero-order valence-electron chi connectivity index (χ0n) is 15.4. The van der Waals surface area contributed by atoms with Crippen molar-refractivity contribution in [3.63, 3.8) is 0 Å². The van der Waals surface area contributed by atoms with Crippen molar-refractivity contribution in [1.29, 1.82) is 0 Å². The molecule has 1 aromatic rings. The first-order chi connectivity index (χ1) is 12.7. The smallest absolute Gasteiger partial charge is 0.275 e. The van der Waals surface area contributed by atoms with Crippen molar-refractivity contribution >= 4 is 24.1 Å². The van der Waals surface area contributed by atoms with Gasteiger partial charge in [-0.25, -0.2) is 14.8 Å². The summed E-state index contributed by atoms with van der Waals surface area (Å²) in [6.45, 7) is 5.74. The summed E-state index contributed by atoms with van der Waals surface area (Å²) >= 11 is 1.55. The highest BCUT2D eigenvalue weighted by atomic mass is 32.2. The maximum atomic E-state index is 11.8. The van der Waals surface area contributed by atoms with E-state index in [0.717, 1.165) is 43.7 Å². The molecule has 1 heterocycles. The van der Waals surface area contributed by atoms with Gasteiger partial charge in [-0.15, -0.1) is 0 Å². The van der Waals surface area contributed by atoms with E-state index in [9.17, 15) is 4.79 Å². The Kier molecular flexibility index (Phi) is 8.67. The van der Waals surface area contributed by atoms with Gasteiger partial charge in [-0.1, -0.05) is 19.1 Å². The average molecular weight is 378 g/mol. The zero-order chi connectivity index (χ0) is 18.8. The second kappa shape index (κ2) is 11.0. The molecule has 0 saturated carbocycles. The van der Waals surface area contributed by atoms with Crippen LogP contribution in [0, 0.1) is 0 Å². The fraction of sp³-hybridized carbons (Fsp3) is 0.474. The molecule has 26 heavy (non-hydrogen) atoms. The maximum Gasteiger partial charge on any atom is 0.275 e. The maximum absolute atomic E-state index is 11.8. The Labute approximate surface area is 159 Å². The number of ether oxygens (including phenoxy) is 1. The normalized spacial score (nSPS) is 19.3. The van der Waals surface area contributed by atoms with Crippen molar-refractivity contribution in [2.24, 2.45) is 4.99 Å². The number of benzene rings is 1. The number of nitrogens with zero attached hydrogens (tertiary/aromatic N) is 2. The van der Waals surface area contributed by atoms with E-state index in [0.29, 0.717) is 11.4 Å². The summed E-state index contributed by atoms with van der Waals surface area (Å²) in [5.74, 6) is 0.210. The van der Waals surface area contributed by atoms with E-state index in [4.69, 9.17) is 9.94 Å². The third-order valence-corrected chi connectivity index (χ3v) is 5.19. The molecule has 0 radical (unpaired) electrons. The van der Waals surface area contributed by atoms with Crippen LogP contribution < -0.4 is 5.48 Å². The van der Waals surface area contributed by atoms with Crippen molar-refractivity contribution in [3.8, 4) is 0 Å². The molecular weight excluding hydrogens is 350 g/mol. The SMILES string of the molecule is C/C=N\C(=C/CC)OC1CCCN(Sc2ccccc2C(=O)NO)CC1.